The van der Waals surface area contributed by atoms with Gasteiger partial charge in [0.15, 0.2) is 5.96 Å². The van der Waals surface area contributed by atoms with Gasteiger partial charge >= 0.3 is 0 Å². The van der Waals surface area contributed by atoms with E-state index in [1.54, 1.807) is 6.07 Å². The number of ether oxygens (including phenoxy) is 1. The van der Waals surface area contributed by atoms with Crippen molar-refractivity contribution in [3.63, 3.8) is 0 Å². The summed E-state index contributed by atoms with van der Waals surface area (Å²) in [7, 11) is 1.82. The van der Waals surface area contributed by atoms with Crippen molar-refractivity contribution in [3.05, 3.63) is 29.6 Å². The minimum atomic E-state index is -0.132. The molecule has 160 valence electrons. The molecule has 29 heavy (non-hydrogen) atoms. The van der Waals surface area contributed by atoms with Gasteiger partial charge in [-0.2, -0.15) is 0 Å². The first-order valence-electron chi connectivity index (χ1n) is 10.9. The van der Waals surface area contributed by atoms with Gasteiger partial charge in [0.05, 0.1) is 12.3 Å². The highest BCUT2D eigenvalue weighted by molar-refractivity contribution is 5.80. The SMILES string of the molecule is CCN1CCN(c2ccc(CNC(=NC)N3CCC4(CCOC4)C3)cc2F)CC1. The van der Waals surface area contributed by atoms with Crippen LogP contribution in [0.5, 0.6) is 0 Å². The van der Waals surface area contributed by atoms with Crippen molar-refractivity contribution in [2.24, 2.45) is 10.4 Å². The molecule has 0 amide bonds. The molecule has 3 aliphatic rings. The van der Waals surface area contributed by atoms with E-state index in [0.29, 0.717) is 12.0 Å². The van der Waals surface area contributed by atoms with Gasteiger partial charge in [0, 0.05) is 64.9 Å². The largest absolute Gasteiger partial charge is 0.381 e. The second kappa shape index (κ2) is 8.88. The molecule has 1 aromatic carbocycles. The van der Waals surface area contributed by atoms with Crippen LogP contribution in [0, 0.1) is 11.2 Å². The monoisotopic (exact) mass is 403 g/mol. The molecule has 0 aliphatic carbocycles. The van der Waals surface area contributed by atoms with Gasteiger partial charge in [-0.05, 0) is 37.1 Å². The van der Waals surface area contributed by atoms with E-state index < -0.39 is 0 Å². The number of anilines is 1. The van der Waals surface area contributed by atoms with E-state index >= 15 is 0 Å². The van der Waals surface area contributed by atoms with E-state index in [4.69, 9.17) is 4.74 Å². The van der Waals surface area contributed by atoms with Crippen LogP contribution in [0.15, 0.2) is 23.2 Å². The van der Waals surface area contributed by atoms with Gasteiger partial charge in [0.25, 0.3) is 0 Å². The Kier molecular flexibility index (Phi) is 6.25. The summed E-state index contributed by atoms with van der Waals surface area (Å²) in [5.74, 6) is 0.765. The summed E-state index contributed by atoms with van der Waals surface area (Å²) in [4.78, 5) is 11.3. The van der Waals surface area contributed by atoms with Gasteiger partial charge in [0.2, 0.25) is 0 Å². The Balaban J connectivity index is 1.33. The molecule has 3 heterocycles. The Labute approximate surface area is 173 Å². The molecule has 0 radical (unpaired) electrons. The normalized spacial score (nSPS) is 26.0. The smallest absolute Gasteiger partial charge is 0.193 e. The van der Waals surface area contributed by atoms with Crippen LogP contribution in [0.2, 0.25) is 0 Å². The highest BCUT2D eigenvalue weighted by atomic mass is 19.1. The van der Waals surface area contributed by atoms with Crippen LogP contribution in [0.1, 0.15) is 25.3 Å². The molecule has 3 fully saturated rings. The third kappa shape index (κ3) is 4.51. The standard InChI is InChI=1S/C22H34FN5O/c1-3-26-9-11-27(12-10-26)20-5-4-18(14-19(20)23)15-25-21(24-2)28-8-6-22(16-28)7-13-29-17-22/h4-5,14H,3,6-13,15-17H2,1-2H3,(H,24,25). The maximum absolute atomic E-state index is 14.8. The molecule has 7 heteroatoms. The summed E-state index contributed by atoms with van der Waals surface area (Å²) in [5, 5.41) is 3.42. The molecule has 1 N–H and O–H groups in total. The molecule has 0 bridgehead atoms. The van der Waals surface area contributed by atoms with E-state index in [2.05, 4.69) is 31.9 Å². The summed E-state index contributed by atoms with van der Waals surface area (Å²) >= 11 is 0. The first-order chi connectivity index (χ1) is 14.1. The predicted octanol–water partition coefficient (Wildman–Crippen LogP) is 2.16. The second-order valence-electron chi connectivity index (χ2n) is 8.58. The number of piperazine rings is 1. The number of likely N-dealkylation sites (tertiary alicyclic amines) is 1. The summed E-state index contributed by atoms with van der Waals surface area (Å²) < 4.78 is 20.4. The van der Waals surface area contributed by atoms with Gasteiger partial charge < -0.3 is 24.8 Å². The van der Waals surface area contributed by atoms with Crippen LogP contribution in [0.25, 0.3) is 0 Å². The zero-order valence-electron chi connectivity index (χ0n) is 17.8. The number of hydrogen-bond acceptors (Lipinski definition) is 4. The average molecular weight is 404 g/mol. The number of aliphatic imine (C=N–C) groups is 1. The fourth-order valence-electron chi connectivity index (χ4n) is 4.82. The summed E-state index contributed by atoms with van der Waals surface area (Å²) in [6.45, 7) is 11.3. The van der Waals surface area contributed by atoms with Crippen molar-refractivity contribution < 1.29 is 9.13 Å². The summed E-state index contributed by atoms with van der Waals surface area (Å²) in [6, 6.07) is 5.62. The summed E-state index contributed by atoms with van der Waals surface area (Å²) in [6.07, 6.45) is 2.29. The van der Waals surface area contributed by atoms with E-state index in [-0.39, 0.29) is 5.82 Å². The number of guanidine groups is 1. The van der Waals surface area contributed by atoms with E-state index in [1.807, 2.05) is 19.2 Å². The number of rotatable bonds is 4. The molecule has 0 aromatic heterocycles. The van der Waals surface area contributed by atoms with Crippen molar-refractivity contribution in [1.29, 1.82) is 0 Å². The van der Waals surface area contributed by atoms with Gasteiger partial charge in [-0.15, -0.1) is 0 Å². The van der Waals surface area contributed by atoms with Crippen LogP contribution in [-0.2, 0) is 11.3 Å². The number of likely N-dealkylation sites (N-methyl/N-ethyl adjacent to an activating group) is 1. The van der Waals surface area contributed by atoms with Crippen LogP contribution in [-0.4, -0.2) is 81.8 Å². The van der Waals surface area contributed by atoms with Gasteiger partial charge in [0.1, 0.15) is 5.82 Å². The lowest BCUT2D eigenvalue weighted by Gasteiger charge is -2.35. The van der Waals surface area contributed by atoms with Crippen LogP contribution < -0.4 is 10.2 Å². The van der Waals surface area contributed by atoms with Crippen LogP contribution in [0.3, 0.4) is 0 Å². The maximum atomic E-state index is 14.8. The van der Waals surface area contributed by atoms with Crippen molar-refractivity contribution in [3.8, 4) is 0 Å². The number of halogens is 1. The van der Waals surface area contributed by atoms with E-state index in [9.17, 15) is 4.39 Å². The molecule has 1 spiro atoms. The number of hydrogen-bond donors (Lipinski definition) is 1. The number of benzene rings is 1. The fraction of sp³-hybridized carbons (Fsp3) is 0.682. The van der Waals surface area contributed by atoms with Crippen molar-refractivity contribution in [1.82, 2.24) is 15.1 Å². The molecule has 1 atom stereocenters. The number of nitrogens with zero attached hydrogens (tertiary/aromatic N) is 4. The van der Waals surface area contributed by atoms with E-state index in [0.717, 1.165) is 89.1 Å². The molecule has 3 saturated heterocycles. The molecule has 1 aromatic rings. The highest BCUT2D eigenvalue weighted by Crippen LogP contribution is 2.38. The molecule has 0 saturated carbocycles. The van der Waals surface area contributed by atoms with Gasteiger partial charge in [-0.25, -0.2) is 4.39 Å². The van der Waals surface area contributed by atoms with E-state index in [1.165, 1.54) is 0 Å². The zero-order valence-corrected chi connectivity index (χ0v) is 17.8. The van der Waals surface area contributed by atoms with Crippen LogP contribution in [0.4, 0.5) is 10.1 Å². The molecule has 1 unspecified atom stereocenters. The van der Waals surface area contributed by atoms with Gasteiger partial charge in [-0.3, -0.25) is 4.99 Å². The first-order valence-corrected chi connectivity index (χ1v) is 10.9. The fourth-order valence-corrected chi connectivity index (χ4v) is 4.82. The minimum Gasteiger partial charge on any atom is -0.381 e. The maximum Gasteiger partial charge on any atom is 0.193 e. The Bertz CT molecular complexity index is 726. The quantitative estimate of drug-likeness (QED) is 0.617. The third-order valence-electron chi connectivity index (χ3n) is 6.76. The Morgan fingerprint density at radius 1 is 1.21 bits per heavy atom. The topological polar surface area (TPSA) is 43.3 Å². The van der Waals surface area contributed by atoms with Crippen molar-refractivity contribution in [2.45, 2.75) is 26.3 Å². The molecular weight excluding hydrogens is 369 g/mol. The lowest BCUT2D eigenvalue weighted by atomic mass is 9.87. The van der Waals surface area contributed by atoms with Crippen molar-refractivity contribution >= 4 is 11.6 Å². The van der Waals surface area contributed by atoms with Crippen molar-refractivity contribution in [2.75, 3.05) is 71.0 Å². The minimum absolute atomic E-state index is 0.132. The zero-order chi connectivity index (χ0) is 20.3. The molecule has 3 aliphatic heterocycles. The lowest BCUT2D eigenvalue weighted by Crippen LogP contribution is -2.46. The molecular formula is C22H34FN5O. The predicted molar refractivity (Wildman–Crippen MR) is 115 cm³/mol. The Morgan fingerprint density at radius 3 is 2.69 bits per heavy atom. The molecule has 4 rings (SSSR count). The molecule has 6 nitrogen and oxygen atoms in total. The van der Waals surface area contributed by atoms with Gasteiger partial charge in [-0.1, -0.05) is 13.0 Å². The average Bonchev–Trinajstić information content (AvgIpc) is 3.39. The highest BCUT2D eigenvalue weighted by Gasteiger charge is 2.42. The third-order valence-corrected chi connectivity index (χ3v) is 6.76. The number of nitrogens with one attached hydrogen (secondary N) is 1. The van der Waals surface area contributed by atoms with Crippen LogP contribution >= 0.6 is 0 Å². The lowest BCUT2D eigenvalue weighted by molar-refractivity contribution is 0.156. The Hall–Kier alpha value is -1.86. The first kappa shape index (κ1) is 20.4. The second-order valence-corrected chi connectivity index (χ2v) is 8.58. The summed E-state index contributed by atoms with van der Waals surface area (Å²) in [5.41, 5.74) is 1.96. The Morgan fingerprint density at radius 2 is 2.03 bits per heavy atom.